The minimum atomic E-state index is -3.61. The van der Waals surface area contributed by atoms with Crippen LogP contribution < -0.4 is 10.1 Å². The van der Waals surface area contributed by atoms with E-state index in [-0.39, 0.29) is 36.5 Å². The lowest BCUT2D eigenvalue weighted by Gasteiger charge is -2.34. The summed E-state index contributed by atoms with van der Waals surface area (Å²) in [5.41, 5.74) is 0.748. The van der Waals surface area contributed by atoms with Crippen molar-refractivity contribution in [3.05, 3.63) is 23.8 Å². The third-order valence-electron chi connectivity index (χ3n) is 4.67. The second-order valence-electron chi connectivity index (χ2n) is 6.19. The van der Waals surface area contributed by atoms with Gasteiger partial charge < -0.3 is 10.1 Å². The van der Waals surface area contributed by atoms with E-state index in [1.807, 2.05) is 0 Å². The summed E-state index contributed by atoms with van der Waals surface area (Å²) in [4.78, 5) is 25.0. The van der Waals surface area contributed by atoms with Crippen LogP contribution in [0, 0.1) is 6.92 Å². The van der Waals surface area contributed by atoms with Gasteiger partial charge in [0.15, 0.2) is 0 Å². The largest absolute Gasteiger partial charge is 0.496 e. The van der Waals surface area contributed by atoms with Crippen molar-refractivity contribution >= 4 is 22.0 Å². The highest BCUT2D eigenvalue weighted by atomic mass is 32.2. The summed E-state index contributed by atoms with van der Waals surface area (Å²) in [6.45, 7) is 2.36. The predicted molar refractivity (Wildman–Crippen MR) is 89.8 cm³/mol. The maximum Gasteiger partial charge on any atom is 0.324 e. The minimum absolute atomic E-state index is 0.0163. The molecule has 0 atom stereocenters. The third kappa shape index (κ3) is 3.21. The second-order valence-corrected chi connectivity index (χ2v) is 8.13. The topological polar surface area (TPSA) is 96.0 Å². The number of rotatable bonds is 4. The average molecular weight is 367 g/mol. The van der Waals surface area contributed by atoms with Gasteiger partial charge in [-0.15, -0.1) is 0 Å². The number of benzene rings is 1. The molecule has 0 bridgehead atoms. The Balaban J connectivity index is 1.72. The molecule has 136 valence electrons. The zero-order valence-electron chi connectivity index (χ0n) is 14.2. The van der Waals surface area contributed by atoms with Crippen molar-refractivity contribution in [2.45, 2.75) is 30.7 Å². The fourth-order valence-electron chi connectivity index (χ4n) is 3.31. The lowest BCUT2D eigenvalue weighted by Crippen LogP contribution is -2.48. The fraction of sp³-hybridized carbons (Fsp3) is 0.500. The first-order chi connectivity index (χ1) is 11.8. The van der Waals surface area contributed by atoms with Gasteiger partial charge in [0.2, 0.25) is 15.9 Å². The molecule has 1 aromatic carbocycles. The normalized spacial score (nSPS) is 20.0. The minimum Gasteiger partial charge on any atom is -0.496 e. The molecule has 0 saturated carbocycles. The van der Waals surface area contributed by atoms with E-state index >= 15 is 0 Å². The molecule has 2 aliphatic rings. The molecule has 2 aliphatic heterocycles. The van der Waals surface area contributed by atoms with Gasteiger partial charge in [-0.3, -0.25) is 9.69 Å². The number of piperidine rings is 1. The molecule has 0 aromatic heterocycles. The summed E-state index contributed by atoms with van der Waals surface area (Å²) in [7, 11) is -2.07. The smallest absolute Gasteiger partial charge is 0.324 e. The van der Waals surface area contributed by atoms with Crippen LogP contribution in [0.2, 0.25) is 0 Å². The van der Waals surface area contributed by atoms with Gasteiger partial charge in [0, 0.05) is 19.1 Å². The van der Waals surface area contributed by atoms with Crippen LogP contribution >= 0.6 is 0 Å². The van der Waals surface area contributed by atoms with Gasteiger partial charge in [-0.2, -0.15) is 4.31 Å². The van der Waals surface area contributed by atoms with Crippen LogP contribution in [0.4, 0.5) is 4.79 Å². The summed E-state index contributed by atoms with van der Waals surface area (Å²) >= 11 is 0. The second kappa shape index (κ2) is 6.64. The number of imide groups is 1. The van der Waals surface area contributed by atoms with Crippen molar-refractivity contribution in [2.75, 3.05) is 26.7 Å². The maximum absolute atomic E-state index is 12.8. The molecule has 0 aliphatic carbocycles. The van der Waals surface area contributed by atoms with E-state index in [1.54, 1.807) is 19.1 Å². The van der Waals surface area contributed by atoms with E-state index in [0.29, 0.717) is 18.6 Å². The first kappa shape index (κ1) is 17.7. The molecule has 25 heavy (non-hydrogen) atoms. The molecule has 2 heterocycles. The van der Waals surface area contributed by atoms with Crippen LogP contribution in [0.3, 0.4) is 0 Å². The molecule has 9 heteroatoms. The number of sulfonamides is 1. The van der Waals surface area contributed by atoms with Crippen LogP contribution in [0.25, 0.3) is 0 Å². The van der Waals surface area contributed by atoms with E-state index in [1.165, 1.54) is 22.4 Å². The number of nitrogens with zero attached hydrogens (tertiary/aromatic N) is 2. The molecule has 0 spiro atoms. The number of hydrogen-bond acceptors (Lipinski definition) is 5. The Morgan fingerprint density at radius 3 is 2.40 bits per heavy atom. The van der Waals surface area contributed by atoms with Crippen molar-refractivity contribution in [2.24, 2.45) is 0 Å². The van der Waals surface area contributed by atoms with Crippen LogP contribution in [0.15, 0.2) is 23.1 Å². The number of carbonyl (C=O) groups is 2. The summed E-state index contributed by atoms with van der Waals surface area (Å²) in [5, 5.41) is 2.49. The first-order valence-corrected chi connectivity index (χ1v) is 9.53. The van der Waals surface area contributed by atoms with Gasteiger partial charge in [0.1, 0.15) is 5.75 Å². The van der Waals surface area contributed by atoms with Crippen LogP contribution in [0.5, 0.6) is 5.75 Å². The maximum atomic E-state index is 12.8. The Kier molecular flexibility index (Phi) is 4.70. The molecule has 2 fully saturated rings. The van der Waals surface area contributed by atoms with E-state index in [2.05, 4.69) is 5.32 Å². The molecule has 1 aromatic rings. The Bertz CT molecular complexity index is 784. The summed E-state index contributed by atoms with van der Waals surface area (Å²) in [5.74, 6) is 0.383. The van der Waals surface area contributed by atoms with Gasteiger partial charge in [0.25, 0.3) is 0 Å². The zero-order chi connectivity index (χ0) is 18.2. The van der Waals surface area contributed by atoms with Gasteiger partial charge in [-0.25, -0.2) is 13.2 Å². The van der Waals surface area contributed by atoms with Crippen molar-refractivity contribution in [1.29, 1.82) is 0 Å². The first-order valence-electron chi connectivity index (χ1n) is 8.09. The van der Waals surface area contributed by atoms with Crippen LogP contribution in [-0.2, 0) is 14.8 Å². The molecule has 0 radical (unpaired) electrons. The highest BCUT2D eigenvalue weighted by Crippen LogP contribution is 2.27. The zero-order valence-corrected chi connectivity index (χ0v) is 15.0. The Morgan fingerprint density at radius 1 is 1.20 bits per heavy atom. The van der Waals surface area contributed by atoms with Crippen molar-refractivity contribution < 1.29 is 22.7 Å². The Labute approximate surface area is 146 Å². The summed E-state index contributed by atoms with van der Waals surface area (Å²) in [6.07, 6.45) is 0.876. The monoisotopic (exact) mass is 367 g/mol. The van der Waals surface area contributed by atoms with Crippen LogP contribution in [-0.4, -0.2) is 62.3 Å². The molecule has 2 saturated heterocycles. The van der Waals surface area contributed by atoms with Crippen molar-refractivity contribution in [3.8, 4) is 5.75 Å². The van der Waals surface area contributed by atoms with E-state index in [4.69, 9.17) is 4.74 Å². The molecule has 3 rings (SSSR count). The molecular weight excluding hydrogens is 346 g/mol. The highest BCUT2D eigenvalue weighted by Gasteiger charge is 2.38. The summed E-state index contributed by atoms with van der Waals surface area (Å²) < 4.78 is 32.2. The average Bonchev–Trinajstić information content (AvgIpc) is 2.93. The van der Waals surface area contributed by atoms with E-state index in [0.717, 1.165) is 5.56 Å². The summed E-state index contributed by atoms with van der Waals surface area (Å²) in [6, 6.07) is 4.13. The van der Waals surface area contributed by atoms with Gasteiger partial charge in [0.05, 0.1) is 18.6 Å². The fourth-order valence-corrected chi connectivity index (χ4v) is 4.86. The number of nitrogens with one attached hydrogen (secondary N) is 1. The number of aryl methyl sites for hydroxylation is 1. The molecule has 1 N–H and O–H groups in total. The number of amides is 3. The van der Waals surface area contributed by atoms with Gasteiger partial charge >= 0.3 is 6.03 Å². The quantitative estimate of drug-likeness (QED) is 0.791. The Hall–Kier alpha value is -2.13. The molecular formula is C16H21N3O5S. The van der Waals surface area contributed by atoms with Gasteiger partial charge in [-0.1, -0.05) is 0 Å². The van der Waals surface area contributed by atoms with Crippen LogP contribution in [0.1, 0.15) is 18.4 Å². The van der Waals surface area contributed by atoms with E-state index in [9.17, 15) is 18.0 Å². The molecule has 0 unspecified atom stereocenters. The van der Waals surface area contributed by atoms with Crippen molar-refractivity contribution in [1.82, 2.24) is 14.5 Å². The number of ether oxygens (including phenoxy) is 1. The molecule has 8 nitrogen and oxygen atoms in total. The lowest BCUT2D eigenvalue weighted by atomic mass is 10.1. The number of carbonyl (C=O) groups excluding carboxylic acids is 2. The number of urea groups is 1. The van der Waals surface area contributed by atoms with E-state index < -0.39 is 16.1 Å². The highest BCUT2D eigenvalue weighted by molar-refractivity contribution is 7.89. The SMILES string of the molecule is COc1ccc(S(=O)(=O)N2CCC(N3C(=O)CNC3=O)CC2)cc1C. The van der Waals surface area contributed by atoms with Gasteiger partial charge in [-0.05, 0) is 43.5 Å². The predicted octanol–water partition coefficient (Wildman–Crippen LogP) is 0.709. The third-order valence-corrected chi connectivity index (χ3v) is 6.57. The number of hydrogen-bond donors (Lipinski definition) is 1. The van der Waals surface area contributed by atoms with Crippen molar-refractivity contribution in [3.63, 3.8) is 0 Å². The Morgan fingerprint density at radius 2 is 1.88 bits per heavy atom. The number of methoxy groups -OCH3 is 1. The molecule has 3 amide bonds. The standard InChI is InChI=1S/C16H21N3O5S/c1-11-9-13(3-4-14(11)24-2)25(22,23)18-7-5-12(6-8-18)19-15(20)10-17-16(19)21/h3-4,9,12H,5-8,10H2,1-2H3,(H,17,21). The lowest BCUT2D eigenvalue weighted by molar-refractivity contribution is -0.127.